The molecule has 0 amide bonds. The molecule has 0 bridgehead atoms. The average Bonchev–Trinajstić information content (AvgIpc) is 2.41. The Morgan fingerprint density at radius 2 is 1.89 bits per heavy atom. The molecule has 0 aromatic heterocycles. The van der Waals surface area contributed by atoms with Crippen molar-refractivity contribution >= 4 is 5.69 Å². The Morgan fingerprint density at radius 1 is 1.26 bits per heavy atom. The van der Waals surface area contributed by atoms with Crippen molar-refractivity contribution < 1.29 is 4.39 Å². The molecule has 3 heteroatoms. The molecule has 0 heterocycles. The van der Waals surface area contributed by atoms with E-state index in [1.807, 2.05) is 20.0 Å². The lowest BCUT2D eigenvalue weighted by Crippen LogP contribution is -2.34. The summed E-state index contributed by atoms with van der Waals surface area (Å²) in [5.41, 5.74) is 2.90. The number of nitrogens with one attached hydrogen (secondary N) is 1. The summed E-state index contributed by atoms with van der Waals surface area (Å²) in [5.74, 6) is -0.124. The first-order chi connectivity index (χ1) is 8.96. The number of halogens is 1. The van der Waals surface area contributed by atoms with Crippen LogP contribution in [0.3, 0.4) is 0 Å². The molecule has 1 aromatic rings. The minimum Gasteiger partial charge on any atom is -0.369 e. The fourth-order valence-electron chi connectivity index (χ4n) is 2.37. The second-order valence-electron chi connectivity index (χ2n) is 5.21. The van der Waals surface area contributed by atoms with Gasteiger partial charge in [-0.2, -0.15) is 0 Å². The molecule has 1 N–H and O–H groups in total. The molecule has 0 spiro atoms. The molecule has 0 aliphatic carbocycles. The van der Waals surface area contributed by atoms with Crippen LogP contribution in [0.1, 0.15) is 51.3 Å². The summed E-state index contributed by atoms with van der Waals surface area (Å²) in [6.07, 6.45) is 1.08. The molecule has 1 rings (SSSR count). The van der Waals surface area contributed by atoms with Crippen LogP contribution in [-0.4, -0.2) is 19.6 Å². The smallest absolute Gasteiger partial charge is 0.126 e. The molecule has 108 valence electrons. The average molecular weight is 266 g/mol. The van der Waals surface area contributed by atoms with E-state index in [1.165, 1.54) is 0 Å². The van der Waals surface area contributed by atoms with Gasteiger partial charge in [-0.05, 0) is 64.4 Å². The second-order valence-corrected chi connectivity index (χ2v) is 5.21. The number of aryl methyl sites for hydroxylation is 1. The van der Waals surface area contributed by atoms with Gasteiger partial charge in [-0.25, -0.2) is 4.39 Å². The maximum Gasteiger partial charge on any atom is 0.126 e. The molecule has 2 nitrogen and oxygen atoms in total. The quantitative estimate of drug-likeness (QED) is 0.836. The van der Waals surface area contributed by atoms with Gasteiger partial charge in [-0.1, -0.05) is 6.92 Å². The number of hydrogen-bond donors (Lipinski definition) is 1. The monoisotopic (exact) mass is 266 g/mol. The van der Waals surface area contributed by atoms with E-state index < -0.39 is 0 Å². The number of nitrogens with zero attached hydrogens (tertiary/aromatic N) is 1. The largest absolute Gasteiger partial charge is 0.369 e. The van der Waals surface area contributed by atoms with Gasteiger partial charge in [0.15, 0.2) is 0 Å². The highest BCUT2D eigenvalue weighted by atomic mass is 19.1. The maximum atomic E-state index is 13.9. The van der Waals surface area contributed by atoms with Crippen molar-refractivity contribution in [2.75, 3.05) is 18.5 Å². The van der Waals surface area contributed by atoms with Gasteiger partial charge in [-0.15, -0.1) is 0 Å². The SMILES string of the molecule is CCC(C)N(CC)c1cc(C)c(F)cc1C(C)NC. The molecule has 0 saturated heterocycles. The Bertz CT molecular complexity index is 417. The van der Waals surface area contributed by atoms with Gasteiger partial charge < -0.3 is 10.2 Å². The van der Waals surface area contributed by atoms with Gasteiger partial charge in [-0.3, -0.25) is 0 Å². The van der Waals surface area contributed by atoms with Gasteiger partial charge in [0.25, 0.3) is 0 Å². The van der Waals surface area contributed by atoms with E-state index in [-0.39, 0.29) is 11.9 Å². The third-order valence-corrected chi connectivity index (χ3v) is 3.98. The Morgan fingerprint density at radius 3 is 2.37 bits per heavy atom. The lowest BCUT2D eigenvalue weighted by Gasteiger charge is -2.33. The highest BCUT2D eigenvalue weighted by Gasteiger charge is 2.19. The van der Waals surface area contributed by atoms with E-state index in [0.717, 1.165) is 24.2 Å². The van der Waals surface area contributed by atoms with Gasteiger partial charge in [0.2, 0.25) is 0 Å². The normalized spacial score (nSPS) is 14.3. The molecule has 2 unspecified atom stereocenters. The zero-order chi connectivity index (χ0) is 14.6. The molecule has 0 radical (unpaired) electrons. The zero-order valence-corrected chi connectivity index (χ0v) is 13.0. The summed E-state index contributed by atoms with van der Waals surface area (Å²) in [6, 6.07) is 4.26. The van der Waals surface area contributed by atoms with Crippen LogP contribution in [0, 0.1) is 12.7 Å². The van der Waals surface area contributed by atoms with E-state index in [1.54, 1.807) is 6.07 Å². The van der Waals surface area contributed by atoms with Crippen molar-refractivity contribution in [2.45, 2.75) is 53.1 Å². The number of benzene rings is 1. The van der Waals surface area contributed by atoms with Crippen LogP contribution in [-0.2, 0) is 0 Å². The molecule has 0 aliphatic heterocycles. The molecule has 0 saturated carbocycles. The van der Waals surface area contributed by atoms with Crippen molar-refractivity contribution in [1.82, 2.24) is 5.32 Å². The minimum atomic E-state index is -0.124. The van der Waals surface area contributed by atoms with Crippen molar-refractivity contribution in [3.05, 3.63) is 29.1 Å². The Labute approximate surface area is 117 Å². The first kappa shape index (κ1) is 16.0. The van der Waals surface area contributed by atoms with Crippen molar-refractivity contribution in [3.8, 4) is 0 Å². The molecule has 0 fully saturated rings. The first-order valence-electron chi connectivity index (χ1n) is 7.20. The summed E-state index contributed by atoms with van der Waals surface area (Å²) in [5, 5.41) is 3.21. The van der Waals surface area contributed by atoms with E-state index in [9.17, 15) is 4.39 Å². The Kier molecular flexibility index (Phi) is 5.80. The summed E-state index contributed by atoms with van der Waals surface area (Å²) in [4.78, 5) is 2.36. The van der Waals surface area contributed by atoms with E-state index in [4.69, 9.17) is 0 Å². The van der Waals surface area contributed by atoms with Crippen molar-refractivity contribution in [2.24, 2.45) is 0 Å². The minimum absolute atomic E-state index is 0.124. The van der Waals surface area contributed by atoms with E-state index in [2.05, 4.69) is 37.9 Å². The van der Waals surface area contributed by atoms with Crippen LogP contribution in [0.2, 0.25) is 0 Å². The summed E-state index contributed by atoms with van der Waals surface area (Å²) < 4.78 is 13.9. The van der Waals surface area contributed by atoms with Gasteiger partial charge in [0.05, 0.1) is 0 Å². The molecule has 19 heavy (non-hydrogen) atoms. The third-order valence-electron chi connectivity index (χ3n) is 3.98. The predicted molar refractivity (Wildman–Crippen MR) is 81.4 cm³/mol. The number of hydrogen-bond acceptors (Lipinski definition) is 2. The van der Waals surface area contributed by atoms with E-state index in [0.29, 0.717) is 11.6 Å². The maximum absolute atomic E-state index is 13.9. The predicted octanol–water partition coefficient (Wildman–Crippen LogP) is 4.04. The van der Waals surface area contributed by atoms with Crippen LogP contribution in [0.25, 0.3) is 0 Å². The van der Waals surface area contributed by atoms with Gasteiger partial charge in [0.1, 0.15) is 5.82 Å². The highest BCUT2D eigenvalue weighted by molar-refractivity contribution is 5.57. The van der Waals surface area contributed by atoms with Crippen LogP contribution in [0.4, 0.5) is 10.1 Å². The van der Waals surface area contributed by atoms with Crippen molar-refractivity contribution in [1.29, 1.82) is 0 Å². The third kappa shape index (κ3) is 3.47. The Hall–Kier alpha value is -1.09. The molecular weight excluding hydrogens is 239 g/mol. The molecular formula is C16H27FN2. The fraction of sp³-hybridized carbons (Fsp3) is 0.625. The summed E-state index contributed by atoms with van der Waals surface area (Å²) in [6.45, 7) is 11.4. The molecule has 0 aliphatic rings. The van der Waals surface area contributed by atoms with Crippen molar-refractivity contribution in [3.63, 3.8) is 0 Å². The van der Waals surface area contributed by atoms with Crippen LogP contribution < -0.4 is 10.2 Å². The van der Waals surface area contributed by atoms with Gasteiger partial charge >= 0.3 is 0 Å². The summed E-state index contributed by atoms with van der Waals surface area (Å²) in [7, 11) is 1.91. The first-order valence-corrected chi connectivity index (χ1v) is 7.20. The molecule has 1 aromatic carbocycles. The number of rotatable bonds is 6. The Balaban J connectivity index is 3.33. The summed E-state index contributed by atoms with van der Waals surface area (Å²) >= 11 is 0. The lowest BCUT2D eigenvalue weighted by molar-refractivity contribution is 0.587. The number of anilines is 1. The van der Waals surface area contributed by atoms with Gasteiger partial charge in [0, 0.05) is 24.3 Å². The topological polar surface area (TPSA) is 15.3 Å². The zero-order valence-electron chi connectivity index (χ0n) is 13.0. The van der Waals surface area contributed by atoms with Crippen LogP contribution >= 0.6 is 0 Å². The lowest BCUT2D eigenvalue weighted by atomic mass is 10.0. The van der Waals surface area contributed by atoms with E-state index >= 15 is 0 Å². The standard InChI is InChI=1S/C16H27FN2/c1-7-12(4)19(8-2)16-9-11(3)15(17)10-14(16)13(5)18-6/h9-10,12-13,18H,7-8H2,1-6H3. The van der Waals surface area contributed by atoms with Crippen LogP contribution in [0.15, 0.2) is 12.1 Å². The van der Waals surface area contributed by atoms with Crippen LogP contribution in [0.5, 0.6) is 0 Å². The highest BCUT2D eigenvalue weighted by Crippen LogP contribution is 2.31. The fourth-order valence-corrected chi connectivity index (χ4v) is 2.37. The second kappa shape index (κ2) is 6.90. The molecule has 2 atom stereocenters.